The number of aryl methyl sites for hydroxylation is 2. The van der Waals surface area contributed by atoms with Crippen molar-refractivity contribution in [3.8, 4) is 0 Å². The van der Waals surface area contributed by atoms with Gasteiger partial charge in [0.2, 0.25) is 0 Å². The quantitative estimate of drug-likeness (QED) is 0.869. The Morgan fingerprint density at radius 3 is 2.63 bits per heavy atom. The van der Waals surface area contributed by atoms with E-state index in [2.05, 4.69) is 18.9 Å². The molecule has 0 spiro atoms. The van der Waals surface area contributed by atoms with Crippen LogP contribution < -0.4 is 5.73 Å². The van der Waals surface area contributed by atoms with Crippen molar-refractivity contribution in [3.63, 3.8) is 0 Å². The summed E-state index contributed by atoms with van der Waals surface area (Å²) in [5.74, 6) is 2.89. The Kier molecular flexibility index (Phi) is 4.45. The summed E-state index contributed by atoms with van der Waals surface area (Å²) in [7, 11) is 2.05. The summed E-state index contributed by atoms with van der Waals surface area (Å²) >= 11 is 0. The molecule has 2 aromatic rings. The molecule has 1 unspecified atom stereocenters. The molecule has 2 heterocycles. The van der Waals surface area contributed by atoms with E-state index in [0.29, 0.717) is 6.54 Å². The van der Waals surface area contributed by atoms with E-state index in [4.69, 9.17) is 14.6 Å². The maximum atomic E-state index is 5.90. The predicted octanol–water partition coefficient (Wildman–Crippen LogP) is 2.88. The van der Waals surface area contributed by atoms with Crippen LogP contribution in [0.25, 0.3) is 0 Å². The van der Waals surface area contributed by atoms with Crippen molar-refractivity contribution in [1.82, 2.24) is 4.90 Å². The largest absolute Gasteiger partial charge is 0.469 e. The van der Waals surface area contributed by atoms with Crippen molar-refractivity contribution in [2.75, 3.05) is 13.6 Å². The van der Waals surface area contributed by atoms with Gasteiger partial charge in [-0.25, -0.2) is 0 Å². The second kappa shape index (κ2) is 6.08. The predicted molar refractivity (Wildman–Crippen MR) is 74.8 cm³/mol. The average Bonchev–Trinajstić information content (AvgIpc) is 3.01. The zero-order valence-electron chi connectivity index (χ0n) is 11.8. The van der Waals surface area contributed by atoms with Gasteiger partial charge in [0.05, 0.1) is 12.3 Å². The van der Waals surface area contributed by atoms with Gasteiger partial charge in [0.15, 0.2) is 0 Å². The van der Waals surface area contributed by atoms with Crippen molar-refractivity contribution in [3.05, 3.63) is 47.3 Å². The van der Waals surface area contributed by atoms with Gasteiger partial charge in [0.25, 0.3) is 0 Å². The van der Waals surface area contributed by atoms with Gasteiger partial charge in [0, 0.05) is 25.1 Å². The normalized spacial score (nSPS) is 13.1. The fourth-order valence-electron chi connectivity index (χ4n) is 2.23. The number of hydrogen-bond donors (Lipinski definition) is 1. The van der Waals surface area contributed by atoms with Crippen molar-refractivity contribution in [1.29, 1.82) is 0 Å². The molecule has 0 saturated heterocycles. The third-order valence-corrected chi connectivity index (χ3v) is 3.50. The Hall–Kier alpha value is -1.52. The van der Waals surface area contributed by atoms with Crippen LogP contribution in [0.1, 0.15) is 35.8 Å². The molecule has 0 saturated carbocycles. The number of hydrogen-bond acceptors (Lipinski definition) is 4. The second-order valence-electron chi connectivity index (χ2n) is 4.83. The van der Waals surface area contributed by atoms with Crippen molar-refractivity contribution >= 4 is 0 Å². The number of furan rings is 2. The van der Waals surface area contributed by atoms with Crippen molar-refractivity contribution in [2.45, 2.75) is 32.9 Å². The number of nitrogens with zero attached hydrogens (tertiary/aromatic N) is 1. The molecule has 0 fully saturated rings. The average molecular weight is 262 g/mol. The van der Waals surface area contributed by atoms with Crippen LogP contribution in [0.15, 0.2) is 33.3 Å². The lowest BCUT2D eigenvalue weighted by Crippen LogP contribution is -2.30. The van der Waals surface area contributed by atoms with Crippen LogP contribution in [0, 0.1) is 6.92 Å². The lowest BCUT2D eigenvalue weighted by molar-refractivity contribution is 0.209. The fraction of sp³-hybridized carbons (Fsp3) is 0.467. The van der Waals surface area contributed by atoms with E-state index in [9.17, 15) is 0 Å². The van der Waals surface area contributed by atoms with Gasteiger partial charge in [-0.05, 0) is 32.2 Å². The zero-order chi connectivity index (χ0) is 13.8. The van der Waals surface area contributed by atoms with Gasteiger partial charge < -0.3 is 14.6 Å². The summed E-state index contributed by atoms with van der Waals surface area (Å²) in [5, 5.41) is 0. The highest BCUT2D eigenvalue weighted by Gasteiger charge is 2.20. The number of likely N-dealkylation sites (N-methyl/N-ethyl adjacent to an activating group) is 1. The van der Waals surface area contributed by atoms with E-state index in [1.165, 1.54) is 5.56 Å². The van der Waals surface area contributed by atoms with Crippen LogP contribution in [-0.4, -0.2) is 18.5 Å². The van der Waals surface area contributed by atoms with Crippen LogP contribution in [0.4, 0.5) is 0 Å². The standard InChI is InChI=1S/C15H22N2O2/c1-4-13-5-6-15(19-13)14(9-16)17(3)10-12-7-8-18-11(12)2/h5-8,14H,4,9-10,16H2,1-3H3. The summed E-state index contributed by atoms with van der Waals surface area (Å²) in [4.78, 5) is 2.19. The first-order valence-corrected chi connectivity index (χ1v) is 6.67. The maximum Gasteiger partial charge on any atom is 0.122 e. The van der Waals surface area contributed by atoms with E-state index in [1.807, 2.05) is 25.1 Å². The minimum absolute atomic E-state index is 0.0922. The molecule has 0 aliphatic heterocycles. The summed E-state index contributed by atoms with van der Waals surface area (Å²) in [6.45, 7) is 5.39. The van der Waals surface area contributed by atoms with Crippen LogP contribution in [0.5, 0.6) is 0 Å². The summed E-state index contributed by atoms with van der Waals surface area (Å²) < 4.78 is 11.1. The smallest absolute Gasteiger partial charge is 0.122 e. The highest BCUT2D eigenvalue weighted by Crippen LogP contribution is 2.23. The number of nitrogens with two attached hydrogens (primary N) is 1. The van der Waals surface area contributed by atoms with E-state index >= 15 is 0 Å². The van der Waals surface area contributed by atoms with Crippen molar-refractivity contribution < 1.29 is 8.83 Å². The molecule has 0 aliphatic carbocycles. The van der Waals surface area contributed by atoms with E-state index in [-0.39, 0.29) is 6.04 Å². The second-order valence-corrected chi connectivity index (χ2v) is 4.83. The van der Waals surface area contributed by atoms with Gasteiger partial charge in [-0.3, -0.25) is 4.90 Å². The van der Waals surface area contributed by atoms with Crippen molar-refractivity contribution in [2.24, 2.45) is 5.73 Å². The summed E-state index contributed by atoms with van der Waals surface area (Å²) in [5.41, 5.74) is 7.08. The fourth-order valence-corrected chi connectivity index (χ4v) is 2.23. The Balaban J connectivity index is 2.10. The molecule has 1 atom stereocenters. The van der Waals surface area contributed by atoms with Gasteiger partial charge in [-0.2, -0.15) is 0 Å². The molecule has 4 heteroatoms. The lowest BCUT2D eigenvalue weighted by Gasteiger charge is -2.25. The van der Waals surface area contributed by atoms with E-state index < -0.39 is 0 Å². The molecule has 2 N–H and O–H groups in total. The lowest BCUT2D eigenvalue weighted by atomic mass is 10.1. The van der Waals surface area contributed by atoms with Gasteiger partial charge in [-0.1, -0.05) is 6.92 Å². The van der Waals surface area contributed by atoms with Gasteiger partial charge in [-0.15, -0.1) is 0 Å². The Labute approximate surface area is 114 Å². The molecular formula is C15H22N2O2. The van der Waals surface area contributed by atoms with Crippen LogP contribution in [0.2, 0.25) is 0 Å². The molecule has 0 aromatic carbocycles. The Morgan fingerprint density at radius 1 is 1.32 bits per heavy atom. The monoisotopic (exact) mass is 262 g/mol. The van der Waals surface area contributed by atoms with Gasteiger partial charge in [0.1, 0.15) is 17.3 Å². The minimum Gasteiger partial charge on any atom is -0.469 e. The van der Waals surface area contributed by atoms with E-state index in [1.54, 1.807) is 6.26 Å². The molecule has 0 radical (unpaired) electrons. The first-order valence-electron chi connectivity index (χ1n) is 6.67. The molecular weight excluding hydrogens is 240 g/mol. The van der Waals surface area contributed by atoms with Crippen LogP contribution in [-0.2, 0) is 13.0 Å². The van der Waals surface area contributed by atoms with Crippen LogP contribution >= 0.6 is 0 Å². The molecule has 0 aliphatic rings. The van der Waals surface area contributed by atoms with E-state index in [0.717, 1.165) is 30.2 Å². The zero-order valence-corrected chi connectivity index (χ0v) is 11.8. The molecule has 4 nitrogen and oxygen atoms in total. The third kappa shape index (κ3) is 3.08. The van der Waals surface area contributed by atoms with Gasteiger partial charge >= 0.3 is 0 Å². The molecule has 2 aromatic heterocycles. The Morgan fingerprint density at radius 2 is 2.11 bits per heavy atom. The third-order valence-electron chi connectivity index (χ3n) is 3.50. The summed E-state index contributed by atoms with van der Waals surface area (Å²) in [6.07, 6.45) is 2.62. The molecule has 104 valence electrons. The Bertz CT molecular complexity index is 516. The highest BCUT2D eigenvalue weighted by molar-refractivity contribution is 5.17. The molecule has 19 heavy (non-hydrogen) atoms. The SMILES string of the molecule is CCc1ccc(C(CN)N(C)Cc2ccoc2C)o1. The first kappa shape index (κ1) is 13.9. The first-order chi connectivity index (χ1) is 9.15. The summed E-state index contributed by atoms with van der Waals surface area (Å²) in [6, 6.07) is 6.14. The molecule has 2 rings (SSSR count). The van der Waals surface area contributed by atoms with Crippen LogP contribution in [0.3, 0.4) is 0 Å². The number of rotatable bonds is 6. The highest BCUT2D eigenvalue weighted by atomic mass is 16.3. The maximum absolute atomic E-state index is 5.90. The molecule has 0 amide bonds. The molecule has 0 bridgehead atoms. The minimum atomic E-state index is 0.0922. The topological polar surface area (TPSA) is 55.5 Å².